The Balaban J connectivity index is 2.55. The topological polar surface area (TPSA) is 84.9 Å². The summed E-state index contributed by atoms with van der Waals surface area (Å²) in [4.78, 5) is 37.9. The van der Waals surface area contributed by atoms with Gasteiger partial charge < -0.3 is 19.7 Å². The predicted octanol–water partition coefficient (Wildman–Crippen LogP) is 2.74. The number of ether oxygens (including phenoxy) is 2. The zero-order valence-electron chi connectivity index (χ0n) is 16.9. The van der Waals surface area contributed by atoms with Crippen LogP contribution >= 0.6 is 0 Å². The fraction of sp³-hybridized carbons (Fsp3) is 0.550. The number of esters is 1. The van der Waals surface area contributed by atoms with Gasteiger partial charge in [-0.2, -0.15) is 0 Å². The third-order valence-corrected chi connectivity index (χ3v) is 3.69. The summed E-state index contributed by atoms with van der Waals surface area (Å²) < 4.78 is 10.5. The molecular formula is C20H30N2O5. The summed E-state index contributed by atoms with van der Waals surface area (Å²) in [6.45, 7) is 8.83. The average molecular weight is 378 g/mol. The molecule has 0 bridgehead atoms. The number of benzene rings is 1. The fourth-order valence-electron chi connectivity index (χ4n) is 2.44. The highest BCUT2D eigenvalue weighted by Crippen LogP contribution is 2.16. The van der Waals surface area contributed by atoms with E-state index >= 15 is 0 Å². The second kappa shape index (κ2) is 9.94. The molecule has 0 radical (unpaired) electrons. The highest BCUT2D eigenvalue weighted by Gasteiger charge is 2.33. The van der Waals surface area contributed by atoms with Crippen LogP contribution < -0.4 is 5.32 Å². The average Bonchev–Trinajstić information content (AvgIpc) is 2.56. The van der Waals surface area contributed by atoms with Crippen molar-refractivity contribution < 1.29 is 23.9 Å². The number of carbonyl (C=O) groups excluding carboxylic acids is 3. The first kappa shape index (κ1) is 22.5. The largest absolute Gasteiger partial charge is 0.458 e. The van der Waals surface area contributed by atoms with E-state index in [4.69, 9.17) is 9.47 Å². The van der Waals surface area contributed by atoms with Crippen molar-refractivity contribution in [3.05, 3.63) is 35.9 Å². The number of carbonyl (C=O) groups is 3. The molecule has 1 rings (SSSR count). The van der Waals surface area contributed by atoms with Gasteiger partial charge in [-0.25, -0.2) is 9.59 Å². The van der Waals surface area contributed by atoms with Gasteiger partial charge in [0.2, 0.25) is 5.91 Å². The molecule has 7 nitrogen and oxygen atoms in total. The van der Waals surface area contributed by atoms with Crippen LogP contribution in [0.2, 0.25) is 0 Å². The van der Waals surface area contributed by atoms with Gasteiger partial charge in [0.05, 0.1) is 0 Å². The van der Waals surface area contributed by atoms with Gasteiger partial charge in [-0.1, -0.05) is 44.2 Å². The van der Waals surface area contributed by atoms with Gasteiger partial charge in [0, 0.05) is 7.05 Å². The number of nitrogens with one attached hydrogen (secondary N) is 1. The molecule has 2 amide bonds. The van der Waals surface area contributed by atoms with Crippen molar-refractivity contribution in [3.8, 4) is 0 Å². The van der Waals surface area contributed by atoms with Crippen molar-refractivity contribution in [1.82, 2.24) is 10.2 Å². The van der Waals surface area contributed by atoms with E-state index in [1.165, 1.54) is 11.9 Å². The number of alkyl carbamates (subject to hydrolysis) is 1. The minimum atomic E-state index is -0.737. The smallest absolute Gasteiger partial charge is 0.407 e. The molecule has 0 saturated carbocycles. The van der Waals surface area contributed by atoms with Crippen molar-refractivity contribution in [1.29, 1.82) is 0 Å². The summed E-state index contributed by atoms with van der Waals surface area (Å²) in [5.41, 5.74) is 0.203. The highest BCUT2D eigenvalue weighted by atomic mass is 16.6. The monoisotopic (exact) mass is 378 g/mol. The fourth-order valence-corrected chi connectivity index (χ4v) is 2.44. The maximum absolute atomic E-state index is 12.4. The molecule has 0 saturated heterocycles. The zero-order chi connectivity index (χ0) is 20.6. The Kier molecular flexibility index (Phi) is 8.28. The number of amides is 2. The summed E-state index contributed by atoms with van der Waals surface area (Å²) in [6.07, 6.45) is -0.695. The molecule has 1 N–H and O–H groups in total. The minimum Gasteiger partial charge on any atom is -0.458 e. The normalized spacial score (nSPS) is 12.3. The molecule has 0 aliphatic heterocycles. The third kappa shape index (κ3) is 8.11. The van der Waals surface area contributed by atoms with Crippen molar-refractivity contribution >= 4 is 18.0 Å². The lowest BCUT2D eigenvalue weighted by Gasteiger charge is -2.32. The Morgan fingerprint density at radius 3 is 2.22 bits per heavy atom. The summed E-state index contributed by atoms with van der Waals surface area (Å²) in [5.74, 6) is -1.02. The first-order valence-corrected chi connectivity index (χ1v) is 8.94. The van der Waals surface area contributed by atoms with Gasteiger partial charge in [0.15, 0.2) is 0 Å². The van der Waals surface area contributed by atoms with Crippen LogP contribution in [-0.4, -0.2) is 48.1 Å². The third-order valence-electron chi connectivity index (χ3n) is 3.69. The Morgan fingerprint density at radius 1 is 1.11 bits per heavy atom. The molecule has 0 unspecified atom stereocenters. The van der Waals surface area contributed by atoms with E-state index < -0.39 is 29.6 Å². The van der Waals surface area contributed by atoms with E-state index in [9.17, 15) is 14.4 Å². The molecule has 1 aromatic carbocycles. The summed E-state index contributed by atoms with van der Waals surface area (Å²) in [6, 6.07) is 8.49. The number of nitrogens with zero attached hydrogens (tertiary/aromatic N) is 1. The van der Waals surface area contributed by atoms with Gasteiger partial charge in [-0.3, -0.25) is 4.79 Å². The van der Waals surface area contributed by atoms with Crippen molar-refractivity contribution in [2.75, 3.05) is 13.6 Å². The summed E-state index contributed by atoms with van der Waals surface area (Å²) in [5, 5.41) is 2.41. The predicted molar refractivity (Wildman–Crippen MR) is 102 cm³/mol. The molecule has 1 aromatic rings. The first-order chi connectivity index (χ1) is 12.5. The Hall–Kier alpha value is -2.57. The number of likely N-dealkylation sites (N-methyl/N-ethyl adjacent to an activating group) is 1. The van der Waals surface area contributed by atoms with Crippen molar-refractivity contribution in [2.45, 2.75) is 52.9 Å². The van der Waals surface area contributed by atoms with Crippen LogP contribution in [0.25, 0.3) is 0 Å². The van der Waals surface area contributed by atoms with Crippen LogP contribution in [0.1, 0.15) is 40.2 Å². The molecule has 0 fully saturated rings. The van der Waals surface area contributed by atoms with Crippen LogP contribution in [0, 0.1) is 5.92 Å². The minimum absolute atomic E-state index is 0.114. The van der Waals surface area contributed by atoms with Crippen LogP contribution in [0.3, 0.4) is 0 Å². The van der Waals surface area contributed by atoms with Crippen molar-refractivity contribution in [3.63, 3.8) is 0 Å². The Labute approximate surface area is 161 Å². The molecule has 0 aromatic heterocycles. The molecule has 7 heteroatoms. The van der Waals surface area contributed by atoms with E-state index in [2.05, 4.69) is 5.32 Å². The zero-order valence-corrected chi connectivity index (χ0v) is 16.9. The molecule has 0 aliphatic rings. The first-order valence-electron chi connectivity index (χ1n) is 8.94. The molecule has 1 atom stereocenters. The van der Waals surface area contributed by atoms with Gasteiger partial charge >= 0.3 is 12.1 Å². The molecule has 0 aliphatic carbocycles. The van der Waals surface area contributed by atoms with E-state index in [1.807, 2.05) is 44.2 Å². The van der Waals surface area contributed by atoms with E-state index in [-0.39, 0.29) is 19.1 Å². The van der Waals surface area contributed by atoms with Crippen LogP contribution in [0.5, 0.6) is 0 Å². The Bertz CT molecular complexity index is 638. The maximum Gasteiger partial charge on any atom is 0.407 e. The highest BCUT2D eigenvalue weighted by molar-refractivity contribution is 5.87. The van der Waals surface area contributed by atoms with Gasteiger partial charge in [-0.15, -0.1) is 0 Å². The number of hydrogen-bond donors (Lipinski definition) is 1. The van der Waals surface area contributed by atoms with Crippen LogP contribution in [-0.2, 0) is 25.7 Å². The second-order valence-electron chi connectivity index (χ2n) is 7.64. The second-order valence-corrected chi connectivity index (χ2v) is 7.64. The lowest BCUT2D eigenvalue weighted by atomic mass is 10.0. The lowest BCUT2D eigenvalue weighted by molar-refractivity contribution is -0.165. The summed E-state index contributed by atoms with van der Waals surface area (Å²) in [7, 11) is 1.52. The molecule has 0 heterocycles. The molecule has 27 heavy (non-hydrogen) atoms. The van der Waals surface area contributed by atoms with E-state index in [0.717, 1.165) is 5.56 Å². The van der Waals surface area contributed by atoms with Crippen LogP contribution in [0.4, 0.5) is 4.79 Å². The van der Waals surface area contributed by atoms with Gasteiger partial charge in [0.1, 0.15) is 24.8 Å². The number of rotatable bonds is 7. The Morgan fingerprint density at radius 2 is 1.70 bits per heavy atom. The molecule has 150 valence electrons. The number of hydrogen-bond acceptors (Lipinski definition) is 5. The van der Waals surface area contributed by atoms with E-state index in [1.54, 1.807) is 20.8 Å². The SMILES string of the molecule is CC(C)[C@@H](C(=O)OC(C)(C)C)N(C)C(=O)CNC(=O)OCc1ccccc1. The maximum atomic E-state index is 12.4. The summed E-state index contributed by atoms with van der Waals surface area (Å²) >= 11 is 0. The van der Waals surface area contributed by atoms with Crippen LogP contribution in [0.15, 0.2) is 30.3 Å². The lowest BCUT2D eigenvalue weighted by Crippen LogP contribution is -2.50. The van der Waals surface area contributed by atoms with Gasteiger partial charge in [0.25, 0.3) is 0 Å². The molecular weight excluding hydrogens is 348 g/mol. The molecule has 0 spiro atoms. The quantitative estimate of drug-likeness (QED) is 0.738. The standard InChI is InChI=1S/C20H30N2O5/c1-14(2)17(18(24)27-20(3,4)5)22(6)16(23)12-21-19(25)26-13-15-10-8-7-9-11-15/h7-11,14,17H,12-13H2,1-6H3,(H,21,25)/t17-/m0/s1. The van der Waals surface area contributed by atoms with E-state index in [0.29, 0.717) is 0 Å². The van der Waals surface area contributed by atoms with Crippen molar-refractivity contribution in [2.24, 2.45) is 5.92 Å². The van der Waals surface area contributed by atoms with Gasteiger partial charge in [-0.05, 0) is 32.3 Å².